The lowest BCUT2D eigenvalue weighted by Gasteiger charge is -2.15. The van der Waals surface area contributed by atoms with E-state index in [1.165, 1.54) is 5.57 Å². The van der Waals surface area contributed by atoms with Gasteiger partial charge in [0.1, 0.15) is 5.76 Å². The van der Waals surface area contributed by atoms with Gasteiger partial charge in [-0.05, 0) is 47.9 Å². The normalized spacial score (nSPS) is 15.3. The Labute approximate surface area is 122 Å². The summed E-state index contributed by atoms with van der Waals surface area (Å²) in [5.74, 6) is 3.10. The second kappa shape index (κ2) is 5.37. The molecule has 3 nitrogen and oxygen atoms in total. The summed E-state index contributed by atoms with van der Waals surface area (Å²) >= 11 is 1.91. The molecule has 0 radical (unpaired) electrons. The van der Waals surface area contributed by atoms with E-state index in [0.717, 1.165) is 35.5 Å². The number of hydrogen-bond donors (Lipinski definition) is 1. The Hall–Kier alpha value is -1.68. The first-order valence-corrected chi connectivity index (χ1v) is 7.98. The number of anilines is 1. The van der Waals surface area contributed by atoms with Crippen molar-refractivity contribution in [2.75, 3.05) is 17.2 Å². The molecule has 0 aromatic carbocycles. The largest absolute Gasteiger partial charge is 0.441 e. The Morgan fingerprint density at radius 1 is 1.35 bits per heavy atom. The smallest absolute Gasteiger partial charge is 0.194 e. The van der Waals surface area contributed by atoms with Crippen molar-refractivity contribution in [3.8, 4) is 11.3 Å². The minimum absolute atomic E-state index is 0.00933. The van der Waals surface area contributed by atoms with Crippen LogP contribution in [0.4, 0.5) is 5.88 Å². The van der Waals surface area contributed by atoms with Crippen LogP contribution in [0, 0.1) is 0 Å². The lowest BCUT2D eigenvalue weighted by Crippen LogP contribution is -2.09. The predicted octanol–water partition coefficient (Wildman–Crippen LogP) is 3.41. The molecular formula is C16H17NO2S. The fourth-order valence-corrected chi connectivity index (χ4v) is 3.36. The van der Waals surface area contributed by atoms with E-state index >= 15 is 0 Å². The fourth-order valence-electron chi connectivity index (χ4n) is 2.51. The summed E-state index contributed by atoms with van der Waals surface area (Å²) in [7, 11) is 0. The van der Waals surface area contributed by atoms with E-state index in [0.29, 0.717) is 17.2 Å². The van der Waals surface area contributed by atoms with E-state index < -0.39 is 0 Å². The number of fused-ring (bicyclic) bond motifs is 1. The minimum Gasteiger partial charge on any atom is -0.441 e. The van der Waals surface area contributed by atoms with Crippen molar-refractivity contribution in [2.45, 2.75) is 19.8 Å². The second-order valence-corrected chi connectivity index (χ2v) is 6.08. The summed E-state index contributed by atoms with van der Waals surface area (Å²) in [4.78, 5) is 12.3. The van der Waals surface area contributed by atoms with Gasteiger partial charge in [-0.3, -0.25) is 4.79 Å². The Kier molecular flexibility index (Phi) is 3.57. The number of hydrogen-bond acceptors (Lipinski definition) is 4. The average Bonchev–Trinajstić information content (AvgIpc) is 2.47. The van der Waals surface area contributed by atoms with Crippen LogP contribution in [0.15, 0.2) is 33.5 Å². The molecule has 0 aromatic heterocycles. The van der Waals surface area contributed by atoms with Crippen LogP contribution in [-0.2, 0) is 6.42 Å². The molecule has 0 atom stereocenters. The third kappa shape index (κ3) is 2.36. The van der Waals surface area contributed by atoms with E-state index in [1.54, 1.807) is 6.07 Å². The van der Waals surface area contributed by atoms with Gasteiger partial charge in [-0.2, -0.15) is 11.8 Å². The summed E-state index contributed by atoms with van der Waals surface area (Å²) in [6.07, 6.45) is 3.95. The van der Waals surface area contributed by atoms with Crippen molar-refractivity contribution < 1.29 is 4.42 Å². The van der Waals surface area contributed by atoms with Crippen LogP contribution < -0.4 is 11.2 Å². The number of allylic oxidation sites excluding steroid dienone is 1. The molecule has 20 heavy (non-hydrogen) atoms. The summed E-state index contributed by atoms with van der Waals surface area (Å²) in [5.41, 5.74) is 9.60. The first-order valence-electron chi connectivity index (χ1n) is 6.82. The number of nitrogen functional groups attached to an aromatic ring is 1. The standard InChI is InChI=1S/C16H17NO2S/c1-2-10-7-13-14(18)8-12(9-15(13)19-16(10)17)11-3-5-20-6-4-11/h3,7-9H,2,4-6,17H2,1H3. The molecule has 0 amide bonds. The second-order valence-electron chi connectivity index (χ2n) is 4.93. The molecule has 0 unspecified atom stereocenters. The van der Waals surface area contributed by atoms with Crippen molar-refractivity contribution in [1.29, 1.82) is 0 Å². The van der Waals surface area contributed by atoms with Crippen LogP contribution in [0.2, 0.25) is 0 Å². The molecular weight excluding hydrogens is 270 g/mol. The third-order valence-electron chi connectivity index (χ3n) is 3.67. The molecule has 2 heterocycles. The topological polar surface area (TPSA) is 56.2 Å². The van der Waals surface area contributed by atoms with Gasteiger partial charge in [-0.1, -0.05) is 13.0 Å². The number of aryl methyl sites for hydroxylation is 1. The van der Waals surface area contributed by atoms with E-state index in [2.05, 4.69) is 6.08 Å². The highest BCUT2D eigenvalue weighted by molar-refractivity contribution is 7.99. The SMILES string of the molecule is CCc1cc2c(=O)cc(C3=CCSCC3)cc-2oc1N. The highest BCUT2D eigenvalue weighted by atomic mass is 32.2. The van der Waals surface area contributed by atoms with Gasteiger partial charge < -0.3 is 10.2 Å². The van der Waals surface area contributed by atoms with E-state index in [1.807, 2.05) is 30.8 Å². The minimum atomic E-state index is 0.00933. The fraction of sp³-hybridized carbons (Fsp3) is 0.312. The highest BCUT2D eigenvalue weighted by Crippen LogP contribution is 2.31. The van der Waals surface area contributed by atoms with Gasteiger partial charge in [-0.15, -0.1) is 0 Å². The van der Waals surface area contributed by atoms with E-state index in [-0.39, 0.29) is 5.43 Å². The first-order chi connectivity index (χ1) is 9.69. The first kappa shape index (κ1) is 13.3. The van der Waals surface area contributed by atoms with Crippen molar-refractivity contribution in [1.82, 2.24) is 0 Å². The molecule has 3 aliphatic rings. The van der Waals surface area contributed by atoms with Gasteiger partial charge in [0, 0.05) is 11.3 Å². The Bertz CT molecular complexity index is 702. The quantitative estimate of drug-likeness (QED) is 0.919. The van der Waals surface area contributed by atoms with Crippen LogP contribution in [0.5, 0.6) is 0 Å². The maximum Gasteiger partial charge on any atom is 0.194 e. The zero-order chi connectivity index (χ0) is 14.1. The average molecular weight is 287 g/mol. The third-order valence-corrected chi connectivity index (χ3v) is 4.57. The number of rotatable bonds is 2. The van der Waals surface area contributed by atoms with Gasteiger partial charge in [0.2, 0.25) is 0 Å². The lowest BCUT2D eigenvalue weighted by atomic mass is 9.98. The molecule has 0 saturated carbocycles. The molecule has 4 heteroatoms. The Morgan fingerprint density at radius 2 is 2.20 bits per heavy atom. The van der Waals surface area contributed by atoms with Gasteiger partial charge in [0.25, 0.3) is 0 Å². The van der Waals surface area contributed by atoms with Crippen LogP contribution in [-0.4, -0.2) is 11.5 Å². The van der Waals surface area contributed by atoms with Gasteiger partial charge in [-0.25, -0.2) is 0 Å². The van der Waals surface area contributed by atoms with Crippen molar-refractivity contribution in [3.05, 3.63) is 45.6 Å². The summed E-state index contributed by atoms with van der Waals surface area (Å²) < 4.78 is 5.64. The van der Waals surface area contributed by atoms with Gasteiger partial charge in [0.05, 0.1) is 5.56 Å². The molecule has 0 fully saturated rings. The monoisotopic (exact) mass is 287 g/mol. The number of benzene rings is 1. The van der Waals surface area contributed by atoms with Crippen LogP contribution in [0.25, 0.3) is 16.9 Å². The molecule has 1 aliphatic carbocycles. The number of thioether (sulfide) groups is 1. The lowest BCUT2D eigenvalue weighted by molar-refractivity contribution is 0.579. The zero-order valence-corrected chi connectivity index (χ0v) is 12.3. The maximum atomic E-state index is 12.3. The molecule has 0 aromatic rings. The molecule has 3 rings (SSSR count). The molecule has 2 aliphatic heterocycles. The van der Waals surface area contributed by atoms with E-state index in [9.17, 15) is 4.79 Å². The molecule has 104 valence electrons. The Balaban J connectivity index is 2.17. The Morgan fingerprint density at radius 3 is 2.90 bits per heavy atom. The van der Waals surface area contributed by atoms with Gasteiger partial charge >= 0.3 is 0 Å². The van der Waals surface area contributed by atoms with E-state index in [4.69, 9.17) is 10.2 Å². The van der Waals surface area contributed by atoms with Crippen molar-refractivity contribution >= 4 is 23.2 Å². The molecule has 0 spiro atoms. The summed E-state index contributed by atoms with van der Waals surface area (Å²) in [6, 6.07) is 5.51. The number of nitrogens with two attached hydrogens (primary N) is 1. The molecule has 2 N–H and O–H groups in total. The predicted molar refractivity (Wildman–Crippen MR) is 85.3 cm³/mol. The maximum absolute atomic E-state index is 12.3. The van der Waals surface area contributed by atoms with Crippen molar-refractivity contribution in [2.24, 2.45) is 0 Å². The highest BCUT2D eigenvalue weighted by Gasteiger charge is 2.16. The summed E-state index contributed by atoms with van der Waals surface area (Å²) in [6.45, 7) is 2.00. The molecule has 0 bridgehead atoms. The summed E-state index contributed by atoms with van der Waals surface area (Å²) in [5, 5.41) is 0. The van der Waals surface area contributed by atoms with Crippen LogP contribution in [0.1, 0.15) is 24.5 Å². The van der Waals surface area contributed by atoms with Crippen LogP contribution >= 0.6 is 11.8 Å². The van der Waals surface area contributed by atoms with Gasteiger partial charge in [0.15, 0.2) is 11.3 Å². The zero-order valence-electron chi connectivity index (χ0n) is 11.4. The van der Waals surface area contributed by atoms with Crippen molar-refractivity contribution in [3.63, 3.8) is 0 Å². The molecule has 0 saturated heterocycles. The van der Waals surface area contributed by atoms with Crippen LogP contribution in [0.3, 0.4) is 0 Å².